The molecule has 1 aliphatic rings. The number of nitrogens with zero attached hydrogens (tertiary/aromatic N) is 4. The van der Waals surface area contributed by atoms with Crippen LogP contribution >= 0.6 is 0 Å². The first-order chi connectivity index (χ1) is 10.3. The van der Waals surface area contributed by atoms with Crippen LogP contribution < -0.4 is 10.2 Å². The molecule has 3 rings (SSSR count). The third-order valence-corrected chi connectivity index (χ3v) is 3.98. The Hall–Kier alpha value is -1.89. The molecule has 1 fully saturated rings. The number of aromatic nitrogens is 4. The summed E-state index contributed by atoms with van der Waals surface area (Å²) in [4.78, 5) is 18.6. The van der Waals surface area contributed by atoms with Gasteiger partial charge in [0.2, 0.25) is 5.95 Å². The van der Waals surface area contributed by atoms with Gasteiger partial charge in [0.25, 0.3) is 0 Å². The van der Waals surface area contributed by atoms with E-state index in [1.807, 2.05) is 6.92 Å². The summed E-state index contributed by atoms with van der Waals surface area (Å²) in [5, 5.41) is 12.6. The monoisotopic (exact) mass is 290 g/mol. The van der Waals surface area contributed by atoms with Crippen LogP contribution in [0.4, 0.5) is 11.8 Å². The van der Waals surface area contributed by atoms with Crippen molar-refractivity contribution in [1.29, 1.82) is 0 Å². The second kappa shape index (κ2) is 6.26. The van der Waals surface area contributed by atoms with E-state index in [0.29, 0.717) is 24.2 Å². The highest BCUT2D eigenvalue weighted by Crippen LogP contribution is 2.30. The molecule has 0 saturated heterocycles. The first kappa shape index (κ1) is 14.1. The van der Waals surface area contributed by atoms with Crippen molar-refractivity contribution in [1.82, 2.24) is 19.9 Å². The summed E-state index contributed by atoms with van der Waals surface area (Å²) in [7, 11) is 0. The smallest absolute Gasteiger partial charge is 0.226 e. The van der Waals surface area contributed by atoms with Crippen molar-refractivity contribution < 1.29 is 5.11 Å². The first-order valence-corrected chi connectivity index (χ1v) is 7.66. The van der Waals surface area contributed by atoms with Crippen LogP contribution in [0.15, 0.2) is 6.33 Å². The van der Waals surface area contributed by atoms with Crippen LogP contribution in [0.5, 0.6) is 0 Å². The number of imidazole rings is 1. The molecule has 0 unspecified atom stereocenters. The Balaban J connectivity index is 2.03. The fraction of sp³-hybridized carbons (Fsp3) is 0.643. The third kappa shape index (κ3) is 2.78. The fourth-order valence-corrected chi connectivity index (χ4v) is 3.05. The van der Waals surface area contributed by atoms with Crippen molar-refractivity contribution >= 4 is 22.9 Å². The Labute approximate surface area is 123 Å². The molecule has 2 aromatic rings. The van der Waals surface area contributed by atoms with Gasteiger partial charge in [-0.15, -0.1) is 0 Å². The van der Waals surface area contributed by atoms with E-state index in [-0.39, 0.29) is 6.61 Å². The van der Waals surface area contributed by atoms with Crippen LogP contribution in [0, 0.1) is 0 Å². The topological polar surface area (TPSA) is 90.0 Å². The Morgan fingerprint density at radius 2 is 2.19 bits per heavy atom. The lowest BCUT2D eigenvalue weighted by Crippen LogP contribution is -2.36. The van der Waals surface area contributed by atoms with Crippen LogP contribution in [0.25, 0.3) is 11.2 Å². The lowest BCUT2D eigenvalue weighted by molar-refractivity contribution is 0.297. The molecular weight excluding hydrogens is 268 g/mol. The average Bonchev–Trinajstić information content (AvgIpc) is 3.15. The number of aliphatic hydroxyl groups is 1. The summed E-state index contributed by atoms with van der Waals surface area (Å²) in [5.41, 5.74) is 1.51. The van der Waals surface area contributed by atoms with E-state index in [2.05, 4.69) is 30.2 Å². The van der Waals surface area contributed by atoms with Gasteiger partial charge in [0.1, 0.15) is 5.52 Å². The average molecular weight is 290 g/mol. The summed E-state index contributed by atoms with van der Waals surface area (Å²) in [6.45, 7) is 3.48. The van der Waals surface area contributed by atoms with Gasteiger partial charge in [-0.25, -0.2) is 4.98 Å². The zero-order valence-electron chi connectivity index (χ0n) is 12.3. The number of rotatable bonds is 6. The maximum atomic E-state index is 9.43. The molecule has 1 saturated carbocycles. The lowest BCUT2D eigenvalue weighted by atomic mass is 10.2. The van der Waals surface area contributed by atoms with Gasteiger partial charge < -0.3 is 20.3 Å². The van der Waals surface area contributed by atoms with Gasteiger partial charge in [-0.1, -0.05) is 12.8 Å². The van der Waals surface area contributed by atoms with Crippen LogP contribution in [0.3, 0.4) is 0 Å². The lowest BCUT2D eigenvalue weighted by Gasteiger charge is -2.29. The molecule has 3 N–H and O–H groups in total. The van der Waals surface area contributed by atoms with E-state index in [4.69, 9.17) is 0 Å². The van der Waals surface area contributed by atoms with Gasteiger partial charge in [-0.3, -0.25) is 0 Å². The van der Waals surface area contributed by atoms with Gasteiger partial charge in [-0.05, 0) is 19.8 Å². The van der Waals surface area contributed by atoms with Crippen LogP contribution in [-0.4, -0.2) is 50.8 Å². The fourth-order valence-electron chi connectivity index (χ4n) is 3.05. The molecule has 1 aliphatic carbocycles. The van der Waals surface area contributed by atoms with E-state index in [1.165, 1.54) is 12.8 Å². The minimum Gasteiger partial charge on any atom is -0.395 e. The van der Waals surface area contributed by atoms with Crippen molar-refractivity contribution in [2.24, 2.45) is 0 Å². The second-order valence-electron chi connectivity index (χ2n) is 5.36. The number of anilines is 2. The standard InChI is InChI=1S/C14H22N6O/c1-2-15-14-18-12-11(16-9-17-12)13(19-14)20(7-8-21)10-5-3-4-6-10/h9-10,21H,2-8H2,1H3,(H2,15,16,17,18,19). The number of hydrogen-bond donors (Lipinski definition) is 3. The van der Waals surface area contributed by atoms with Gasteiger partial charge in [-0.2, -0.15) is 9.97 Å². The Kier molecular flexibility index (Phi) is 4.19. The SMILES string of the molecule is CCNc1nc(N(CCO)C2CCCC2)c2[nH]cnc2n1. The minimum absolute atomic E-state index is 0.118. The number of aromatic amines is 1. The predicted octanol–water partition coefficient (Wildman–Crippen LogP) is 1.53. The zero-order chi connectivity index (χ0) is 14.7. The van der Waals surface area contributed by atoms with Crippen molar-refractivity contribution in [2.75, 3.05) is 29.9 Å². The van der Waals surface area contributed by atoms with Crippen LogP contribution in [0.2, 0.25) is 0 Å². The number of nitrogens with one attached hydrogen (secondary N) is 2. The molecule has 0 spiro atoms. The molecule has 7 heteroatoms. The normalized spacial score (nSPS) is 15.7. The van der Waals surface area contributed by atoms with Crippen LogP contribution in [-0.2, 0) is 0 Å². The molecule has 0 amide bonds. The maximum absolute atomic E-state index is 9.43. The third-order valence-electron chi connectivity index (χ3n) is 3.98. The summed E-state index contributed by atoms with van der Waals surface area (Å²) in [6.07, 6.45) is 6.42. The van der Waals surface area contributed by atoms with Crippen molar-refractivity contribution in [3.8, 4) is 0 Å². The van der Waals surface area contributed by atoms with Gasteiger partial charge in [0, 0.05) is 19.1 Å². The second-order valence-corrected chi connectivity index (χ2v) is 5.36. The molecule has 0 atom stereocenters. The summed E-state index contributed by atoms with van der Waals surface area (Å²) < 4.78 is 0. The molecular formula is C14H22N6O. The largest absolute Gasteiger partial charge is 0.395 e. The maximum Gasteiger partial charge on any atom is 0.226 e. The van der Waals surface area contributed by atoms with Gasteiger partial charge >= 0.3 is 0 Å². The van der Waals surface area contributed by atoms with E-state index < -0.39 is 0 Å². The zero-order valence-corrected chi connectivity index (χ0v) is 12.3. The van der Waals surface area contributed by atoms with Gasteiger partial charge in [0.05, 0.1) is 12.9 Å². The van der Waals surface area contributed by atoms with Gasteiger partial charge in [0.15, 0.2) is 11.5 Å². The number of hydrogen-bond acceptors (Lipinski definition) is 6. The molecule has 21 heavy (non-hydrogen) atoms. The highest BCUT2D eigenvalue weighted by atomic mass is 16.3. The molecule has 0 aliphatic heterocycles. The minimum atomic E-state index is 0.118. The van der Waals surface area contributed by atoms with Crippen LogP contribution in [0.1, 0.15) is 32.6 Å². The Bertz CT molecular complexity index is 592. The molecule has 114 valence electrons. The Morgan fingerprint density at radius 3 is 2.90 bits per heavy atom. The number of fused-ring (bicyclic) bond motifs is 1. The first-order valence-electron chi connectivity index (χ1n) is 7.66. The highest BCUT2D eigenvalue weighted by molar-refractivity contribution is 5.84. The molecule has 0 bridgehead atoms. The summed E-state index contributed by atoms with van der Waals surface area (Å²) in [5.74, 6) is 1.43. The Morgan fingerprint density at radius 1 is 1.38 bits per heavy atom. The van der Waals surface area contributed by atoms with Crippen molar-refractivity contribution in [2.45, 2.75) is 38.6 Å². The van der Waals surface area contributed by atoms with E-state index >= 15 is 0 Å². The van der Waals surface area contributed by atoms with Crippen molar-refractivity contribution in [3.63, 3.8) is 0 Å². The predicted molar refractivity (Wildman–Crippen MR) is 82.5 cm³/mol. The molecule has 2 heterocycles. The highest BCUT2D eigenvalue weighted by Gasteiger charge is 2.26. The summed E-state index contributed by atoms with van der Waals surface area (Å²) in [6, 6.07) is 0.438. The number of H-pyrrole nitrogens is 1. The quantitative estimate of drug-likeness (QED) is 0.747. The molecule has 0 aromatic carbocycles. The molecule has 0 radical (unpaired) electrons. The molecule has 7 nitrogen and oxygen atoms in total. The van der Waals surface area contributed by atoms with E-state index in [1.54, 1.807) is 6.33 Å². The van der Waals surface area contributed by atoms with Crippen molar-refractivity contribution in [3.05, 3.63) is 6.33 Å². The summed E-state index contributed by atoms with van der Waals surface area (Å²) >= 11 is 0. The number of aliphatic hydroxyl groups excluding tert-OH is 1. The van der Waals surface area contributed by atoms with E-state index in [0.717, 1.165) is 30.7 Å². The van der Waals surface area contributed by atoms with E-state index in [9.17, 15) is 5.11 Å². The molecule has 2 aromatic heterocycles.